The van der Waals surface area contributed by atoms with Gasteiger partial charge in [0.15, 0.2) is 5.78 Å². The zero-order valence-corrected chi connectivity index (χ0v) is 14.1. The number of carboxylic acids is 1. The van der Waals surface area contributed by atoms with Crippen LogP contribution in [0.25, 0.3) is 6.08 Å². The van der Waals surface area contributed by atoms with Gasteiger partial charge in [-0.25, -0.2) is 0 Å². The molecular formula is C16H10ClNaO3. The maximum atomic E-state index is 12.0. The normalized spacial score (nSPS) is 10.1. The Morgan fingerprint density at radius 3 is 2.10 bits per heavy atom. The van der Waals surface area contributed by atoms with Gasteiger partial charge in [0.25, 0.3) is 0 Å². The molecule has 5 heteroatoms. The standard InChI is InChI=1S/C16H11ClO3.Na/c17-12-8-5-11(6-9-12)7-10-15(18)13-3-1-2-4-14(13)16(19)20;/h1-10H,(H,19,20);/q;+1/p-1/b10-7+;. The van der Waals surface area contributed by atoms with Crippen LogP contribution in [-0.4, -0.2) is 11.8 Å². The first-order valence-electron chi connectivity index (χ1n) is 5.86. The van der Waals surface area contributed by atoms with Crippen LogP contribution in [0.15, 0.2) is 54.6 Å². The van der Waals surface area contributed by atoms with Crippen LogP contribution in [0.3, 0.4) is 0 Å². The summed E-state index contributed by atoms with van der Waals surface area (Å²) in [5, 5.41) is 11.5. The van der Waals surface area contributed by atoms with Crippen molar-refractivity contribution >= 4 is 29.4 Å². The van der Waals surface area contributed by atoms with E-state index in [1.807, 2.05) is 0 Å². The molecule has 2 rings (SSSR count). The molecule has 0 radical (unpaired) electrons. The molecule has 0 aliphatic rings. The molecule has 0 heterocycles. The van der Waals surface area contributed by atoms with Gasteiger partial charge in [-0.05, 0) is 23.8 Å². The van der Waals surface area contributed by atoms with Crippen LogP contribution in [-0.2, 0) is 0 Å². The second kappa shape index (κ2) is 8.15. The predicted molar refractivity (Wildman–Crippen MR) is 75.6 cm³/mol. The summed E-state index contributed by atoms with van der Waals surface area (Å²) in [4.78, 5) is 22.9. The van der Waals surface area contributed by atoms with E-state index >= 15 is 0 Å². The number of rotatable bonds is 4. The van der Waals surface area contributed by atoms with Gasteiger partial charge in [0.05, 0.1) is 5.97 Å². The number of allylic oxidation sites excluding steroid dienone is 1. The molecule has 2 aromatic carbocycles. The molecule has 3 nitrogen and oxygen atoms in total. The second-order valence-electron chi connectivity index (χ2n) is 4.08. The fourth-order valence-electron chi connectivity index (χ4n) is 1.71. The van der Waals surface area contributed by atoms with Crippen LogP contribution in [0.2, 0.25) is 5.02 Å². The van der Waals surface area contributed by atoms with E-state index in [1.165, 1.54) is 18.2 Å². The van der Waals surface area contributed by atoms with Crippen molar-refractivity contribution in [1.82, 2.24) is 0 Å². The topological polar surface area (TPSA) is 57.2 Å². The van der Waals surface area contributed by atoms with Crippen LogP contribution in [0.1, 0.15) is 26.3 Å². The number of carbonyl (C=O) groups excluding carboxylic acids is 2. The molecule has 0 saturated carbocycles. The maximum absolute atomic E-state index is 12.0. The Labute approximate surface area is 149 Å². The van der Waals surface area contributed by atoms with Gasteiger partial charge in [-0.3, -0.25) is 4.79 Å². The summed E-state index contributed by atoms with van der Waals surface area (Å²) in [6.07, 6.45) is 2.93. The molecule has 0 amide bonds. The largest absolute Gasteiger partial charge is 1.00 e. The summed E-state index contributed by atoms with van der Waals surface area (Å²) < 4.78 is 0. The molecule has 0 saturated heterocycles. The second-order valence-corrected chi connectivity index (χ2v) is 4.52. The molecule has 0 atom stereocenters. The Morgan fingerprint density at radius 2 is 1.52 bits per heavy atom. The van der Waals surface area contributed by atoms with E-state index in [4.69, 9.17) is 11.6 Å². The van der Waals surface area contributed by atoms with Gasteiger partial charge in [0.2, 0.25) is 0 Å². The summed E-state index contributed by atoms with van der Waals surface area (Å²) in [7, 11) is 0. The van der Waals surface area contributed by atoms with E-state index < -0.39 is 5.97 Å². The fourth-order valence-corrected chi connectivity index (χ4v) is 1.84. The average molecular weight is 309 g/mol. The zero-order valence-electron chi connectivity index (χ0n) is 11.4. The van der Waals surface area contributed by atoms with Gasteiger partial charge in [0, 0.05) is 16.1 Å². The molecule has 0 aromatic heterocycles. The number of carbonyl (C=O) groups is 2. The Kier molecular flexibility index (Phi) is 6.85. The van der Waals surface area contributed by atoms with Crippen molar-refractivity contribution in [3.05, 3.63) is 76.3 Å². The third-order valence-electron chi connectivity index (χ3n) is 2.71. The van der Waals surface area contributed by atoms with E-state index in [0.29, 0.717) is 5.02 Å². The third-order valence-corrected chi connectivity index (χ3v) is 2.96. The molecule has 0 bridgehead atoms. The van der Waals surface area contributed by atoms with Crippen LogP contribution in [0, 0.1) is 0 Å². The fraction of sp³-hybridized carbons (Fsp3) is 0. The van der Waals surface area contributed by atoms with E-state index in [1.54, 1.807) is 42.5 Å². The number of hydrogen-bond donors (Lipinski definition) is 0. The Hall–Kier alpha value is -1.39. The summed E-state index contributed by atoms with van der Waals surface area (Å²) in [6, 6.07) is 12.9. The zero-order chi connectivity index (χ0) is 14.5. The predicted octanol–water partition coefficient (Wildman–Crippen LogP) is -0.396. The summed E-state index contributed by atoms with van der Waals surface area (Å²) >= 11 is 5.76. The number of halogens is 1. The van der Waals surface area contributed by atoms with Crippen LogP contribution in [0.4, 0.5) is 0 Å². The minimum atomic E-state index is -1.37. The first kappa shape index (κ1) is 17.7. The third kappa shape index (κ3) is 4.83. The minimum absolute atomic E-state index is 0. The molecular weight excluding hydrogens is 299 g/mol. The van der Waals surface area contributed by atoms with Crippen molar-refractivity contribution in [1.29, 1.82) is 0 Å². The van der Waals surface area contributed by atoms with Crippen molar-refractivity contribution in [2.75, 3.05) is 0 Å². The Balaban J connectivity index is 0.00000220. The van der Waals surface area contributed by atoms with Crippen molar-refractivity contribution in [2.24, 2.45) is 0 Å². The molecule has 0 spiro atoms. The van der Waals surface area contributed by atoms with Gasteiger partial charge < -0.3 is 9.90 Å². The van der Waals surface area contributed by atoms with Crippen molar-refractivity contribution < 1.29 is 44.3 Å². The first-order valence-corrected chi connectivity index (χ1v) is 6.24. The van der Waals surface area contributed by atoms with E-state index in [0.717, 1.165) is 5.56 Å². The summed E-state index contributed by atoms with van der Waals surface area (Å²) in [5.41, 5.74) is 0.796. The van der Waals surface area contributed by atoms with Crippen molar-refractivity contribution in [3.63, 3.8) is 0 Å². The molecule has 0 unspecified atom stereocenters. The molecule has 0 N–H and O–H groups in total. The van der Waals surface area contributed by atoms with Crippen molar-refractivity contribution in [2.45, 2.75) is 0 Å². The van der Waals surface area contributed by atoms with Crippen LogP contribution >= 0.6 is 11.6 Å². The van der Waals surface area contributed by atoms with E-state index in [9.17, 15) is 14.7 Å². The first-order chi connectivity index (χ1) is 9.58. The van der Waals surface area contributed by atoms with Crippen molar-refractivity contribution in [3.8, 4) is 0 Å². The van der Waals surface area contributed by atoms with Gasteiger partial charge in [-0.1, -0.05) is 54.1 Å². The average Bonchev–Trinajstić information content (AvgIpc) is 2.46. The van der Waals surface area contributed by atoms with Gasteiger partial charge in [-0.2, -0.15) is 0 Å². The Morgan fingerprint density at radius 1 is 0.952 bits per heavy atom. The monoisotopic (exact) mass is 308 g/mol. The van der Waals surface area contributed by atoms with E-state index in [2.05, 4.69) is 0 Å². The molecule has 2 aromatic rings. The van der Waals surface area contributed by atoms with Gasteiger partial charge >= 0.3 is 29.6 Å². The molecule has 21 heavy (non-hydrogen) atoms. The SMILES string of the molecule is O=C([O-])c1ccccc1C(=O)/C=C/c1ccc(Cl)cc1.[Na+]. The quantitative estimate of drug-likeness (QED) is 0.439. The summed E-state index contributed by atoms with van der Waals surface area (Å²) in [6.45, 7) is 0. The van der Waals surface area contributed by atoms with Crippen LogP contribution < -0.4 is 34.7 Å². The van der Waals surface area contributed by atoms with Gasteiger partial charge in [0.1, 0.15) is 0 Å². The Bertz CT molecular complexity index is 678. The molecule has 100 valence electrons. The number of ketones is 1. The molecule has 0 fully saturated rings. The number of benzene rings is 2. The number of carboxylic acid groups (broad SMARTS) is 1. The van der Waals surface area contributed by atoms with Gasteiger partial charge in [-0.15, -0.1) is 0 Å². The molecule has 0 aliphatic carbocycles. The smallest absolute Gasteiger partial charge is 0.545 e. The number of hydrogen-bond acceptors (Lipinski definition) is 3. The minimum Gasteiger partial charge on any atom is -0.545 e. The van der Waals surface area contributed by atoms with Crippen LogP contribution in [0.5, 0.6) is 0 Å². The summed E-state index contributed by atoms with van der Waals surface area (Å²) in [5.74, 6) is -1.76. The number of aromatic carboxylic acids is 1. The van der Waals surface area contributed by atoms with E-state index in [-0.39, 0.29) is 46.5 Å². The molecule has 0 aliphatic heterocycles. The maximum Gasteiger partial charge on any atom is 1.00 e.